The van der Waals surface area contributed by atoms with Crippen molar-refractivity contribution in [1.29, 1.82) is 5.26 Å². The highest BCUT2D eigenvalue weighted by Crippen LogP contribution is 2.37. The van der Waals surface area contributed by atoms with Gasteiger partial charge in [0.2, 0.25) is 0 Å². The predicted octanol–water partition coefficient (Wildman–Crippen LogP) is 5.75. The van der Waals surface area contributed by atoms with Gasteiger partial charge in [-0.15, -0.1) is 0 Å². The molecule has 0 aliphatic carbocycles. The van der Waals surface area contributed by atoms with Crippen LogP contribution in [0.5, 0.6) is 11.5 Å². The van der Waals surface area contributed by atoms with Crippen LogP contribution in [0.25, 0.3) is 6.08 Å². The summed E-state index contributed by atoms with van der Waals surface area (Å²) in [6.07, 6.45) is 1.50. The third-order valence-corrected chi connectivity index (χ3v) is 4.81. The number of carbonyl (C=O) groups is 1. The lowest BCUT2D eigenvalue weighted by Gasteiger charge is -2.14. The second-order valence-corrected chi connectivity index (χ2v) is 6.99. The van der Waals surface area contributed by atoms with Gasteiger partial charge in [0.05, 0.1) is 17.7 Å². The molecule has 0 saturated carbocycles. The van der Waals surface area contributed by atoms with Crippen molar-refractivity contribution in [3.05, 3.63) is 56.5 Å². The molecule has 0 unspecified atom stereocenters. The molecule has 2 aromatic rings. The van der Waals surface area contributed by atoms with Crippen LogP contribution in [0.1, 0.15) is 25.0 Å². The Kier molecular flexibility index (Phi) is 7.91. The highest BCUT2D eigenvalue weighted by molar-refractivity contribution is 9.10. The van der Waals surface area contributed by atoms with Crippen molar-refractivity contribution in [3.63, 3.8) is 0 Å². The fourth-order valence-corrected chi connectivity index (χ4v) is 3.22. The normalized spacial score (nSPS) is 10.9. The van der Waals surface area contributed by atoms with Crippen LogP contribution in [-0.2, 0) is 4.79 Å². The van der Waals surface area contributed by atoms with Gasteiger partial charge in [-0.25, -0.2) is 0 Å². The molecule has 0 radical (unpaired) electrons. The molecule has 0 saturated heterocycles. The molecule has 0 aromatic heterocycles. The Morgan fingerprint density at radius 1 is 1.29 bits per heavy atom. The van der Waals surface area contributed by atoms with E-state index in [9.17, 15) is 10.1 Å². The lowest BCUT2D eigenvalue weighted by Crippen LogP contribution is -2.14. The number of nitrogens with zero attached hydrogens (tertiary/aromatic N) is 1. The third-order valence-electron chi connectivity index (χ3n) is 3.81. The largest absolute Gasteiger partial charge is 0.490 e. The Balaban J connectivity index is 2.36. The Morgan fingerprint density at radius 3 is 2.64 bits per heavy atom. The van der Waals surface area contributed by atoms with Gasteiger partial charge in [0.25, 0.3) is 5.91 Å². The maximum absolute atomic E-state index is 12.6. The minimum Gasteiger partial charge on any atom is -0.490 e. The summed E-state index contributed by atoms with van der Waals surface area (Å²) >= 11 is 9.54. The van der Waals surface area contributed by atoms with Crippen LogP contribution in [-0.4, -0.2) is 19.1 Å². The van der Waals surface area contributed by atoms with E-state index in [1.165, 1.54) is 6.08 Å². The van der Waals surface area contributed by atoms with Crippen LogP contribution >= 0.6 is 27.5 Å². The second-order valence-electron chi connectivity index (χ2n) is 5.73. The zero-order valence-corrected chi connectivity index (χ0v) is 18.1. The molecule has 0 spiro atoms. The second kappa shape index (κ2) is 10.2. The molecule has 2 aromatic carbocycles. The van der Waals surface area contributed by atoms with Gasteiger partial charge in [-0.05, 0) is 78.2 Å². The molecular weight excluding hydrogens is 444 g/mol. The quantitative estimate of drug-likeness (QED) is 0.419. The Morgan fingerprint density at radius 2 is 2.00 bits per heavy atom. The minimum absolute atomic E-state index is 0.0436. The molecule has 5 nitrogen and oxygen atoms in total. The first-order valence-electron chi connectivity index (χ1n) is 8.68. The van der Waals surface area contributed by atoms with Crippen molar-refractivity contribution in [2.24, 2.45) is 0 Å². The van der Waals surface area contributed by atoms with Crippen LogP contribution in [0.3, 0.4) is 0 Å². The number of nitrogens with one attached hydrogen (secondary N) is 1. The zero-order chi connectivity index (χ0) is 20.7. The molecule has 0 bridgehead atoms. The summed E-state index contributed by atoms with van der Waals surface area (Å²) in [5.41, 5.74) is 1.88. The van der Waals surface area contributed by atoms with Crippen LogP contribution in [0.4, 0.5) is 5.69 Å². The molecule has 28 heavy (non-hydrogen) atoms. The molecule has 1 amide bonds. The first kappa shape index (κ1) is 21.8. The van der Waals surface area contributed by atoms with Crippen molar-refractivity contribution < 1.29 is 14.3 Å². The summed E-state index contributed by atoms with van der Waals surface area (Å²) < 4.78 is 11.9. The van der Waals surface area contributed by atoms with Gasteiger partial charge in [0.1, 0.15) is 11.6 Å². The van der Waals surface area contributed by atoms with E-state index in [1.807, 2.05) is 19.9 Å². The van der Waals surface area contributed by atoms with Gasteiger partial charge >= 0.3 is 0 Å². The number of nitriles is 1. The minimum atomic E-state index is -0.518. The van der Waals surface area contributed by atoms with Gasteiger partial charge in [-0.1, -0.05) is 17.7 Å². The Hall–Kier alpha value is -2.49. The molecule has 146 valence electrons. The average Bonchev–Trinajstić information content (AvgIpc) is 2.66. The molecule has 7 heteroatoms. The molecule has 0 aliphatic heterocycles. The standard InChI is InChI=1S/C21H20BrClN2O3/c1-4-27-19-11-14(10-16(22)20(19)28-5-2)9-15(12-24)21(26)25-18-8-6-7-17(23)13(18)3/h6-11H,4-5H2,1-3H3,(H,25,26)/b15-9+. The van der Waals surface area contributed by atoms with E-state index in [0.717, 1.165) is 5.56 Å². The molecular formula is C21H20BrClN2O3. The van der Waals surface area contributed by atoms with Crippen molar-refractivity contribution in [2.45, 2.75) is 20.8 Å². The zero-order valence-electron chi connectivity index (χ0n) is 15.8. The van der Waals surface area contributed by atoms with Crippen LogP contribution < -0.4 is 14.8 Å². The number of rotatable bonds is 7. The van der Waals surface area contributed by atoms with E-state index in [4.69, 9.17) is 21.1 Å². The number of halogens is 2. The topological polar surface area (TPSA) is 71.3 Å². The number of hydrogen-bond acceptors (Lipinski definition) is 4. The third kappa shape index (κ3) is 5.28. The molecule has 2 rings (SSSR count). The molecule has 0 atom stereocenters. The molecule has 0 aliphatic rings. The van der Waals surface area contributed by atoms with Crippen molar-refractivity contribution in [1.82, 2.24) is 0 Å². The predicted molar refractivity (Wildman–Crippen MR) is 115 cm³/mol. The van der Waals surface area contributed by atoms with Crippen LogP contribution in [0.2, 0.25) is 5.02 Å². The smallest absolute Gasteiger partial charge is 0.266 e. The summed E-state index contributed by atoms with van der Waals surface area (Å²) in [5.74, 6) is 0.600. The summed E-state index contributed by atoms with van der Waals surface area (Å²) in [6.45, 7) is 6.49. The first-order valence-corrected chi connectivity index (χ1v) is 9.85. The summed E-state index contributed by atoms with van der Waals surface area (Å²) in [5, 5.41) is 12.7. The lowest BCUT2D eigenvalue weighted by molar-refractivity contribution is -0.112. The van der Waals surface area contributed by atoms with E-state index < -0.39 is 5.91 Å². The number of amides is 1. The Bertz CT molecular complexity index is 951. The summed E-state index contributed by atoms with van der Waals surface area (Å²) in [7, 11) is 0. The highest BCUT2D eigenvalue weighted by Gasteiger charge is 2.15. The van der Waals surface area contributed by atoms with E-state index >= 15 is 0 Å². The summed E-state index contributed by atoms with van der Waals surface area (Å²) in [4.78, 5) is 12.6. The SMILES string of the molecule is CCOc1cc(/C=C(\C#N)C(=O)Nc2cccc(Cl)c2C)cc(Br)c1OCC. The maximum Gasteiger partial charge on any atom is 0.266 e. The fourth-order valence-electron chi connectivity index (χ4n) is 2.47. The first-order chi connectivity index (χ1) is 13.4. The molecule has 1 N–H and O–H groups in total. The van der Waals surface area contributed by atoms with Crippen molar-refractivity contribution in [3.8, 4) is 17.6 Å². The number of benzene rings is 2. The monoisotopic (exact) mass is 462 g/mol. The lowest BCUT2D eigenvalue weighted by atomic mass is 10.1. The van der Waals surface area contributed by atoms with Gasteiger partial charge in [-0.3, -0.25) is 4.79 Å². The molecule has 0 heterocycles. The van der Waals surface area contributed by atoms with Gasteiger partial charge in [0, 0.05) is 10.7 Å². The van der Waals surface area contributed by atoms with Crippen LogP contribution in [0.15, 0.2) is 40.4 Å². The van der Waals surface area contributed by atoms with E-state index in [1.54, 1.807) is 37.3 Å². The van der Waals surface area contributed by atoms with Crippen molar-refractivity contribution >= 4 is 45.2 Å². The number of carbonyl (C=O) groups excluding carboxylic acids is 1. The van der Waals surface area contributed by atoms with Gasteiger partial charge in [-0.2, -0.15) is 5.26 Å². The average molecular weight is 464 g/mol. The maximum atomic E-state index is 12.6. The van der Waals surface area contributed by atoms with E-state index in [0.29, 0.717) is 45.5 Å². The van der Waals surface area contributed by atoms with Crippen molar-refractivity contribution in [2.75, 3.05) is 18.5 Å². The van der Waals surface area contributed by atoms with Gasteiger partial charge in [0.15, 0.2) is 11.5 Å². The fraction of sp³-hybridized carbons (Fsp3) is 0.238. The molecule has 0 fully saturated rings. The summed E-state index contributed by atoms with van der Waals surface area (Å²) in [6, 6.07) is 10.6. The number of ether oxygens (including phenoxy) is 2. The van der Waals surface area contributed by atoms with Gasteiger partial charge < -0.3 is 14.8 Å². The van der Waals surface area contributed by atoms with E-state index in [2.05, 4.69) is 21.2 Å². The number of anilines is 1. The number of hydrogen-bond donors (Lipinski definition) is 1. The Labute approximate surface area is 178 Å². The van der Waals surface area contributed by atoms with Crippen LogP contribution in [0, 0.1) is 18.3 Å². The van der Waals surface area contributed by atoms with E-state index in [-0.39, 0.29) is 5.57 Å². The highest BCUT2D eigenvalue weighted by atomic mass is 79.9.